The van der Waals surface area contributed by atoms with E-state index in [1.54, 1.807) is 18.3 Å². The maximum Gasteiger partial charge on any atom is 0.260 e. The molecule has 1 amide bonds. The van der Waals surface area contributed by atoms with Gasteiger partial charge in [0.25, 0.3) is 11.5 Å². The largest absolute Gasteiger partial charge is 0.338 e. The average molecular weight is 247 g/mol. The molecule has 3 rings (SSSR count). The molecule has 3 heterocycles. The lowest BCUT2D eigenvalue weighted by Crippen LogP contribution is -2.35. The maximum absolute atomic E-state index is 12.3. The molecule has 2 unspecified atom stereocenters. The van der Waals surface area contributed by atoms with E-state index in [2.05, 4.69) is 16.9 Å². The molecule has 2 aliphatic rings. The van der Waals surface area contributed by atoms with Crippen LogP contribution in [0.3, 0.4) is 0 Å². The number of pyridine rings is 1. The summed E-state index contributed by atoms with van der Waals surface area (Å²) in [5.74, 6) is 1.01. The summed E-state index contributed by atoms with van der Waals surface area (Å²) in [5, 5.41) is 0. The molecule has 0 aliphatic carbocycles. The molecular weight excluding hydrogens is 230 g/mol. The first-order chi connectivity index (χ1) is 8.65. The van der Waals surface area contributed by atoms with Crippen molar-refractivity contribution >= 4 is 5.91 Å². The Morgan fingerprint density at radius 2 is 1.94 bits per heavy atom. The molecule has 18 heavy (non-hydrogen) atoms. The van der Waals surface area contributed by atoms with Crippen LogP contribution in [0.25, 0.3) is 0 Å². The molecule has 1 N–H and O–H groups in total. The van der Waals surface area contributed by atoms with E-state index >= 15 is 0 Å². The normalized spacial score (nSPS) is 27.5. The van der Waals surface area contributed by atoms with Gasteiger partial charge in [0, 0.05) is 32.4 Å². The number of nitrogens with one attached hydrogen (secondary N) is 1. The van der Waals surface area contributed by atoms with Gasteiger partial charge in [-0.15, -0.1) is 0 Å². The monoisotopic (exact) mass is 247 g/mol. The summed E-state index contributed by atoms with van der Waals surface area (Å²) in [7, 11) is 2.12. The number of carbonyl (C=O) groups excluding carboxylic acids is 1. The molecule has 2 saturated heterocycles. The highest BCUT2D eigenvalue weighted by Crippen LogP contribution is 2.30. The van der Waals surface area contributed by atoms with Crippen molar-refractivity contribution in [2.75, 3.05) is 33.2 Å². The lowest BCUT2D eigenvalue weighted by Gasteiger charge is -2.18. The summed E-state index contributed by atoms with van der Waals surface area (Å²) in [6.07, 6.45) is 1.55. The zero-order valence-corrected chi connectivity index (χ0v) is 10.4. The molecule has 0 bridgehead atoms. The van der Waals surface area contributed by atoms with Gasteiger partial charge >= 0.3 is 0 Å². The second-order valence-corrected chi connectivity index (χ2v) is 5.36. The molecular formula is C13H17N3O2. The van der Waals surface area contributed by atoms with Gasteiger partial charge in [0.2, 0.25) is 0 Å². The van der Waals surface area contributed by atoms with Gasteiger partial charge in [-0.2, -0.15) is 0 Å². The maximum atomic E-state index is 12.3. The van der Waals surface area contributed by atoms with E-state index in [1.807, 2.05) is 4.90 Å². The topological polar surface area (TPSA) is 56.4 Å². The van der Waals surface area contributed by atoms with Crippen molar-refractivity contribution in [1.82, 2.24) is 14.8 Å². The van der Waals surface area contributed by atoms with Crippen LogP contribution in [-0.2, 0) is 0 Å². The Bertz CT molecular complexity index is 511. The summed E-state index contributed by atoms with van der Waals surface area (Å²) in [6.45, 7) is 3.67. The molecule has 5 heteroatoms. The van der Waals surface area contributed by atoms with Crippen molar-refractivity contribution in [2.45, 2.75) is 0 Å². The van der Waals surface area contributed by atoms with Gasteiger partial charge < -0.3 is 14.8 Å². The summed E-state index contributed by atoms with van der Waals surface area (Å²) < 4.78 is 0. The highest BCUT2D eigenvalue weighted by molar-refractivity contribution is 5.94. The van der Waals surface area contributed by atoms with E-state index in [0.717, 1.165) is 26.2 Å². The quantitative estimate of drug-likeness (QED) is 0.760. The summed E-state index contributed by atoms with van der Waals surface area (Å²) in [6, 6.07) is 3.29. The number of hydrogen-bond acceptors (Lipinski definition) is 3. The first-order valence-corrected chi connectivity index (χ1v) is 6.30. The van der Waals surface area contributed by atoms with E-state index < -0.39 is 0 Å². The predicted octanol–water partition coefficient (Wildman–Crippen LogP) is 0.00850. The van der Waals surface area contributed by atoms with Gasteiger partial charge in [0.15, 0.2) is 0 Å². The molecule has 1 aromatic heterocycles. The van der Waals surface area contributed by atoms with Crippen LogP contribution < -0.4 is 5.56 Å². The molecule has 2 atom stereocenters. The minimum atomic E-state index is -0.295. The number of aromatic nitrogens is 1. The smallest absolute Gasteiger partial charge is 0.260 e. The van der Waals surface area contributed by atoms with E-state index in [0.29, 0.717) is 11.8 Å². The van der Waals surface area contributed by atoms with Crippen molar-refractivity contribution in [1.29, 1.82) is 0 Å². The molecule has 0 radical (unpaired) electrons. The number of aromatic amines is 1. The number of amides is 1. The van der Waals surface area contributed by atoms with Gasteiger partial charge in [-0.05, 0) is 31.0 Å². The second kappa shape index (κ2) is 4.24. The number of fused-ring (bicyclic) bond motifs is 1. The first kappa shape index (κ1) is 11.5. The third-order valence-corrected chi connectivity index (χ3v) is 4.00. The Kier molecular flexibility index (Phi) is 2.70. The second-order valence-electron chi connectivity index (χ2n) is 5.36. The van der Waals surface area contributed by atoms with Crippen molar-refractivity contribution in [2.24, 2.45) is 11.8 Å². The van der Waals surface area contributed by atoms with Gasteiger partial charge in [-0.1, -0.05) is 0 Å². The lowest BCUT2D eigenvalue weighted by molar-refractivity contribution is 0.0774. The van der Waals surface area contributed by atoms with Crippen molar-refractivity contribution in [3.8, 4) is 0 Å². The number of carbonyl (C=O) groups is 1. The zero-order valence-electron chi connectivity index (χ0n) is 10.4. The molecule has 2 aliphatic heterocycles. The Hall–Kier alpha value is -1.62. The fraction of sp³-hybridized carbons (Fsp3) is 0.538. The zero-order chi connectivity index (χ0) is 12.7. The van der Waals surface area contributed by atoms with Crippen molar-refractivity contribution in [3.05, 3.63) is 34.2 Å². The number of likely N-dealkylation sites (tertiary alicyclic amines) is 2. The average Bonchev–Trinajstić information content (AvgIpc) is 2.85. The van der Waals surface area contributed by atoms with Gasteiger partial charge in [-0.25, -0.2) is 0 Å². The van der Waals surface area contributed by atoms with Crippen molar-refractivity contribution < 1.29 is 4.79 Å². The van der Waals surface area contributed by atoms with Gasteiger partial charge in [0.05, 0.1) is 0 Å². The number of rotatable bonds is 1. The highest BCUT2D eigenvalue weighted by atomic mass is 16.2. The molecule has 0 spiro atoms. The minimum Gasteiger partial charge on any atom is -0.338 e. The Morgan fingerprint density at radius 3 is 2.56 bits per heavy atom. The number of nitrogens with zero attached hydrogens (tertiary/aromatic N) is 2. The summed E-state index contributed by atoms with van der Waals surface area (Å²) in [4.78, 5) is 30.6. The van der Waals surface area contributed by atoms with Crippen LogP contribution in [0.4, 0.5) is 0 Å². The molecule has 5 nitrogen and oxygen atoms in total. The van der Waals surface area contributed by atoms with E-state index in [1.165, 1.54) is 0 Å². The molecule has 0 aromatic carbocycles. The molecule has 0 saturated carbocycles. The highest BCUT2D eigenvalue weighted by Gasteiger charge is 2.40. The van der Waals surface area contributed by atoms with E-state index in [-0.39, 0.29) is 17.0 Å². The number of hydrogen-bond donors (Lipinski definition) is 1. The summed E-state index contributed by atoms with van der Waals surface area (Å²) >= 11 is 0. The Balaban J connectivity index is 1.77. The Morgan fingerprint density at radius 1 is 1.28 bits per heavy atom. The van der Waals surface area contributed by atoms with Crippen LogP contribution >= 0.6 is 0 Å². The first-order valence-electron chi connectivity index (χ1n) is 6.30. The molecule has 96 valence electrons. The predicted molar refractivity (Wildman–Crippen MR) is 67.4 cm³/mol. The van der Waals surface area contributed by atoms with E-state index in [4.69, 9.17) is 0 Å². The van der Waals surface area contributed by atoms with Gasteiger partial charge in [-0.3, -0.25) is 9.59 Å². The standard InChI is InChI=1S/C13H17N3O2/c1-15-5-9-7-16(8-10(9)6-15)13(18)11-3-2-4-14-12(11)17/h2-4,9-10H,5-8H2,1H3,(H,14,17). The van der Waals surface area contributed by atoms with Crippen molar-refractivity contribution in [3.63, 3.8) is 0 Å². The SMILES string of the molecule is CN1CC2CN(C(=O)c3ccc[nH]c3=O)CC2C1. The van der Waals surface area contributed by atoms with Crippen LogP contribution in [0.15, 0.2) is 23.1 Å². The number of H-pyrrole nitrogens is 1. The third kappa shape index (κ3) is 1.84. The van der Waals surface area contributed by atoms with Crippen LogP contribution in [0.5, 0.6) is 0 Å². The van der Waals surface area contributed by atoms with E-state index in [9.17, 15) is 9.59 Å². The fourth-order valence-electron chi connectivity index (χ4n) is 3.15. The van der Waals surface area contributed by atoms with Crippen LogP contribution in [0.1, 0.15) is 10.4 Å². The van der Waals surface area contributed by atoms with Crippen LogP contribution in [0, 0.1) is 11.8 Å². The molecule has 1 aromatic rings. The van der Waals surface area contributed by atoms with Crippen LogP contribution in [-0.4, -0.2) is 53.9 Å². The summed E-state index contributed by atoms with van der Waals surface area (Å²) in [5.41, 5.74) is -0.0393. The fourth-order valence-corrected chi connectivity index (χ4v) is 3.15. The third-order valence-electron chi connectivity index (χ3n) is 4.00. The molecule has 2 fully saturated rings. The minimum absolute atomic E-state index is 0.131. The lowest BCUT2D eigenvalue weighted by atomic mass is 10.0. The van der Waals surface area contributed by atoms with Gasteiger partial charge in [0.1, 0.15) is 5.56 Å². The van der Waals surface area contributed by atoms with Crippen LogP contribution in [0.2, 0.25) is 0 Å². The Labute approximate surface area is 105 Å².